The summed E-state index contributed by atoms with van der Waals surface area (Å²) in [5, 5.41) is 5.28. The summed E-state index contributed by atoms with van der Waals surface area (Å²) in [6.45, 7) is 0. The van der Waals surface area contributed by atoms with Gasteiger partial charge in [-0.15, -0.1) is 0 Å². The number of nitrogens with zero attached hydrogens (tertiary/aromatic N) is 4. The third kappa shape index (κ3) is 3.40. The van der Waals surface area contributed by atoms with Gasteiger partial charge < -0.3 is 0 Å². The van der Waals surface area contributed by atoms with Crippen LogP contribution in [-0.4, -0.2) is 19.7 Å². The van der Waals surface area contributed by atoms with Gasteiger partial charge in [0.15, 0.2) is 0 Å². The van der Waals surface area contributed by atoms with Gasteiger partial charge >= 0.3 is 0 Å². The first kappa shape index (κ1) is 14.0. The molecule has 0 spiro atoms. The van der Waals surface area contributed by atoms with E-state index >= 15 is 0 Å². The summed E-state index contributed by atoms with van der Waals surface area (Å²) in [5.41, 5.74) is 2.77. The van der Waals surface area contributed by atoms with E-state index in [0.29, 0.717) is 22.4 Å². The van der Waals surface area contributed by atoms with Gasteiger partial charge in [0.05, 0.1) is 11.9 Å². The number of hydrogen-bond acceptors (Lipinski definition) is 3. The van der Waals surface area contributed by atoms with Gasteiger partial charge in [-0.1, -0.05) is 35.3 Å². The third-order valence-electron chi connectivity index (χ3n) is 3.02. The van der Waals surface area contributed by atoms with Crippen LogP contribution < -0.4 is 0 Å². The Hall–Kier alpha value is -1.91. The molecule has 4 nitrogen and oxygen atoms in total. The predicted octanol–water partition coefficient (Wildman–Crippen LogP) is 3.77. The highest BCUT2D eigenvalue weighted by atomic mass is 35.5. The van der Waals surface area contributed by atoms with E-state index in [1.807, 2.05) is 37.5 Å². The molecule has 0 radical (unpaired) electrons. The topological polar surface area (TPSA) is 43.6 Å². The average Bonchev–Trinajstić information content (AvgIpc) is 2.88. The summed E-state index contributed by atoms with van der Waals surface area (Å²) in [6.07, 6.45) is 4.25. The molecule has 0 amide bonds. The van der Waals surface area contributed by atoms with Gasteiger partial charge in [0.2, 0.25) is 0 Å². The lowest BCUT2D eigenvalue weighted by molar-refractivity contribution is 0.768. The Labute approximate surface area is 132 Å². The molecule has 0 atom stereocenters. The van der Waals surface area contributed by atoms with Crippen LogP contribution in [0, 0.1) is 0 Å². The zero-order chi connectivity index (χ0) is 14.8. The molecule has 3 rings (SSSR count). The number of aromatic nitrogens is 4. The number of hydrogen-bond donors (Lipinski definition) is 0. The molecule has 21 heavy (non-hydrogen) atoms. The van der Waals surface area contributed by atoms with E-state index in [-0.39, 0.29) is 0 Å². The van der Waals surface area contributed by atoms with Crippen molar-refractivity contribution in [3.05, 3.63) is 64.3 Å². The molecule has 0 bridgehead atoms. The van der Waals surface area contributed by atoms with Gasteiger partial charge in [0, 0.05) is 36.3 Å². The van der Waals surface area contributed by atoms with Crippen LogP contribution in [0.15, 0.2) is 42.7 Å². The Bertz CT molecular complexity index is 766. The van der Waals surface area contributed by atoms with Gasteiger partial charge in [-0.3, -0.25) is 4.68 Å². The Kier molecular flexibility index (Phi) is 3.90. The summed E-state index contributed by atoms with van der Waals surface area (Å²) >= 11 is 12.0. The minimum absolute atomic E-state index is 0.424. The molecule has 3 aromatic rings. The minimum atomic E-state index is 0.424. The quantitative estimate of drug-likeness (QED) is 0.690. The number of rotatable bonds is 3. The van der Waals surface area contributed by atoms with Crippen LogP contribution in [0.2, 0.25) is 10.2 Å². The van der Waals surface area contributed by atoms with E-state index in [1.54, 1.807) is 16.9 Å². The summed E-state index contributed by atoms with van der Waals surface area (Å²) in [7, 11) is 1.86. The zero-order valence-electron chi connectivity index (χ0n) is 11.3. The van der Waals surface area contributed by atoms with Crippen molar-refractivity contribution in [3.63, 3.8) is 0 Å². The summed E-state index contributed by atoms with van der Waals surface area (Å²) in [5.74, 6) is 0.670. The monoisotopic (exact) mass is 318 g/mol. The fourth-order valence-electron chi connectivity index (χ4n) is 2.03. The Balaban J connectivity index is 1.92. The molecule has 0 aliphatic rings. The van der Waals surface area contributed by atoms with Crippen LogP contribution in [-0.2, 0) is 13.5 Å². The van der Waals surface area contributed by atoms with Crippen molar-refractivity contribution in [3.8, 4) is 11.3 Å². The summed E-state index contributed by atoms with van der Waals surface area (Å²) in [4.78, 5) is 8.83. The van der Waals surface area contributed by atoms with Crippen LogP contribution in [0.4, 0.5) is 0 Å². The average molecular weight is 319 g/mol. The van der Waals surface area contributed by atoms with Crippen molar-refractivity contribution in [1.82, 2.24) is 19.7 Å². The van der Waals surface area contributed by atoms with Crippen LogP contribution in [0.5, 0.6) is 0 Å². The van der Waals surface area contributed by atoms with Gasteiger partial charge in [-0.2, -0.15) is 5.10 Å². The largest absolute Gasteiger partial charge is 0.275 e. The van der Waals surface area contributed by atoms with Crippen molar-refractivity contribution in [2.24, 2.45) is 7.05 Å². The van der Waals surface area contributed by atoms with Crippen molar-refractivity contribution < 1.29 is 0 Å². The predicted molar refractivity (Wildman–Crippen MR) is 83.5 cm³/mol. The molecule has 0 N–H and O–H groups in total. The van der Waals surface area contributed by atoms with Crippen molar-refractivity contribution in [2.75, 3.05) is 0 Å². The highest BCUT2D eigenvalue weighted by Crippen LogP contribution is 2.20. The third-order valence-corrected chi connectivity index (χ3v) is 3.46. The lowest BCUT2D eigenvalue weighted by atomic mass is 10.1. The Morgan fingerprint density at radius 2 is 1.86 bits per heavy atom. The molecule has 2 heterocycles. The molecular formula is C15H12Cl2N4. The fraction of sp³-hybridized carbons (Fsp3) is 0.133. The SMILES string of the molecule is Cn1cc(-c2cc(Cl)nc(Cc3ccc(Cl)cc3)n2)cn1. The van der Waals surface area contributed by atoms with Gasteiger partial charge in [0.25, 0.3) is 0 Å². The summed E-state index contributed by atoms with van der Waals surface area (Å²) < 4.78 is 1.73. The second kappa shape index (κ2) is 5.84. The second-order valence-corrected chi connectivity index (χ2v) is 5.52. The molecule has 0 unspecified atom stereocenters. The Morgan fingerprint density at radius 3 is 2.52 bits per heavy atom. The second-order valence-electron chi connectivity index (χ2n) is 4.70. The maximum Gasteiger partial charge on any atom is 0.135 e. The normalized spacial score (nSPS) is 10.8. The van der Waals surface area contributed by atoms with E-state index in [0.717, 1.165) is 16.8 Å². The van der Waals surface area contributed by atoms with E-state index in [2.05, 4.69) is 15.1 Å². The molecule has 0 aliphatic carbocycles. The standard InChI is InChI=1S/C15H12Cl2N4/c1-21-9-11(8-18-21)13-7-14(17)20-15(19-13)6-10-2-4-12(16)5-3-10/h2-5,7-9H,6H2,1H3. The van der Waals surface area contributed by atoms with E-state index in [9.17, 15) is 0 Å². The Morgan fingerprint density at radius 1 is 1.10 bits per heavy atom. The molecule has 6 heteroatoms. The number of benzene rings is 1. The highest BCUT2D eigenvalue weighted by molar-refractivity contribution is 6.30. The van der Waals surface area contributed by atoms with Crippen LogP contribution in [0.25, 0.3) is 11.3 Å². The molecule has 2 aromatic heterocycles. The number of aryl methyl sites for hydroxylation is 1. The van der Waals surface area contributed by atoms with E-state index in [4.69, 9.17) is 23.2 Å². The maximum absolute atomic E-state index is 6.10. The molecule has 1 aromatic carbocycles. The van der Waals surface area contributed by atoms with Crippen LogP contribution in [0.3, 0.4) is 0 Å². The molecule has 106 valence electrons. The van der Waals surface area contributed by atoms with E-state index in [1.165, 1.54) is 0 Å². The van der Waals surface area contributed by atoms with Gasteiger partial charge in [-0.05, 0) is 17.7 Å². The first-order valence-electron chi connectivity index (χ1n) is 6.37. The summed E-state index contributed by atoms with van der Waals surface area (Å²) in [6, 6.07) is 9.35. The minimum Gasteiger partial charge on any atom is -0.275 e. The maximum atomic E-state index is 6.10. The van der Waals surface area contributed by atoms with Gasteiger partial charge in [0.1, 0.15) is 11.0 Å². The lowest BCUT2D eigenvalue weighted by Gasteiger charge is -2.04. The lowest BCUT2D eigenvalue weighted by Crippen LogP contribution is -1.98. The molecular weight excluding hydrogens is 307 g/mol. The molecule has 0 aliphatic heterocycles. The first-order chi connectivity index (χ1) is 10.1. The fourth-order valence-corrected chi connectivity index (χ4v) is 2.36. The highest BCUT2D eigenvalue weighted by Gasteiger charge is 2.08. The van der Waals surface area contributed by atoms with Gasteiger partial charge in [-0.25, -0.2) is 9.97 Å². The van der Waals surface area contributed by atoms with Crippen molar-refractivity contribution in [2.45, 2.75) is 6.42 Å². The zero-order valence-corrected chi connectivity index (χ0v) is 12.8. The first-order valence-corrected chi connectivity index (χ1v) is 7.13. The molecule has 0 saturated heterocycles. The number of halogens is 2. The van der Waals surface area contributed by atoms with Crippen molar-refractivity contribution in [1.29, 1.82) is 0 Å². The van der Waals surface area contributed by atoms with Crippen LogP contribution >= 0.6 is 23.2 Å². The van der Waals surface area contributed by atoms with E-state index < -0.39 is 0 Å². The van der Waals surface area contributed by atoms with Crippen molar-refractivity contribution >= 4 is 23.2 Å². The molecule has 0 saturated carbocycles. The van der Waals surface area contributed by atoms with Crippen LogP contribution in [0.1, 0.15) is 11.4 Å². The molecule has 0 fully saturated rings. The smallest absolute Gasteiger partial charge is 0.135 e.